The molecule has 6 nitrogen and oxygen atoms in total. The van der Waals surface area contributed by atoms with Gasteiger partial charge >= 0.3 is 0 Å². The fraction of sp³-hybridized carbons (Fsp3) is 0.167. The number of methoxy groups -OCH3 is 1. The van der Waals surface area contributed by atoms with Crippen molar-refractivity contribution in [2.75, 3.05) is 7.11 Å². The van der Waals surface area contributed by atoms with E-state index in [1.54, 1.807) is 36.5 Å². The summed E-state index contributed by atoms with van der Waals surface area (Å²) >= 11 is 6.04. The van der Waals surface area contributed by atoms with Crippen molar-refractivity contribution < 1.29 is 14.3 Å². The molecule has 1 unspecified atom stereocenters. The maximum Gasteiger partial charge on any atom is 0.247 e. The second-order valence-electron chi connectivity index (χ2n) is 8.57. The lowest BCUT2D eigenvalue weighted by atomic mass is 10.0. The quantitative estimate of drug-likeness (QED) is 0.309. The van der Waals surface area contributed by atoms with E-state index in [-0.39, 0.29) is 24.8 Å². The minimum atomic E-state index is -0.834. The minimum absolute atomic E-state index is 0.131. The van der Waals surface area contributed by atoms with Crippen molar-refractivity contribution in [2.45, 2.75) is 25.6 Å². The zero-order valence-electron chi connectivity index (χ0n) is 20.5. The van der Waals surface area contributed by atoms with Crippen LogP contribution in [0.3, 0.4) is 0 Å². The molecule has 37 heavy (non-hydrogen) atoms. The summed E-state index contributed by atoms with van der Waals surface area (Å²) in [6.45, 7) is 0.550. The van der Waals surface area contributed by atoms with Crippen molar-refractivity contribution in [1.82, 2.24) is 15.2 Å². The van der Waals surface area contributed by atoms with Crippen LogP contribution in [0.5, 0.6) is 5.75 Å². The predicted molar refractivity (Wildman–Crippen MR) is 144 cm³/mol. The monoisotopic (exact) mass is 513 g/mol. The normalized spacial score (nSPS) is 11.4. The highest BCUT2D eigenvalue weighted by Gasteiger charge is 2.31. The zero-order chi connectivity index (χ0) is 26.0. The van der Waals surface area contributed by atoms with Crippen LogP contribution < -0.4 is 10.1 Å². The molecule has 0 bridgehead atoms. The molecule has 0 aliphatic rings. The Morgan fingerprint density at radius 3 is 2.24 bits per heavy atom. The molecule has 0 fully saturated rings. The maximum atomic E-state index is 13.8. The summed E-state index contributed by atoms with van der Waals surface area (Å²) in [5.74, 6) is 0.271. The van der Waals surface area contributed by atoms with Crippen LogP contribution in [0.2, 0.25) is 5.02 Å². The number of benzene rings is 3. The van der Waals surface area contributed by atoms with E-state index in [2.05, 4.69) is 10.3 Å². The third-order valence-electron chi connectivity index (χ3n) is 5.97. The Kier molecular flexibility index (Phi) is 8.89. The fourth-order valence-electron chi connectivity index (χ4n) is 4.03. The summed E-state index contributed by atoms with van der Waals surface area (Å²) in [6, 6.07) is 26.9. The molecule has 4 rings (SSSR count). The van der Waals surface area contributed by atoms with Gasteiger partial charge in [-0.25, -0.2) is 0 Å². The number of ether oxygens (including phenoxy) is 1. The Bertz CT molecular complexity index is 1300. The molecule has 1 N–H and O–H groups in total. The molecule has 0 aliphatic heterocycles. The summed E-state index contributed by atoms with van der Waals surface area (Å²) in [7, 11) is 1.61. The van der Waals surface area contributed by atoms with Crippen molar-refractivity contribution in [3.8, 4) is 5.75 Å². The molecule has 1 aromatic heterocycles. The van der Waals surface area contributed by atoms with Crippen molar-refractivity contribution in [2.24, 2.45) is 0 Å². The van der Waals surface area contributed by atoms with E-state index in [0.29, 0.717) is 11.6 Å². The van der Waals surface area contributed by atoms with Crippen molar-refractivity contribution in [3.05, 3.63) is 131 Å². The molecule has 0 saturated heterocycles. The van der Waals surface area contributed by atoms with Crippen LogP contribution in [0.4, 0.5) is 0 Å². The van der Waals surface area contributed by atoms with Crippen LogP contribution in [0.15, 0.2) is 103 Å². The molecule has 7 heteroatoms. The van der Waals surface area contributed by atoms with Crippen LogP contribution in [0.25, 0.3) is 0 Å². The van der Waals surface area contributed by atoms with Gasteiger partial charge in [0.2, 0.25) is 11.8 Å². The van der Waals surface area contributed by atoms with Gasteiger partial charge < -0.3 is 15.0 Å². The molecule has 188 valence electrons. The third kappa shape index (κ3) is 7.18. The van der Waals surface area contributed by atoms with Crippen molar-refractivity contribution in [1.29, 1.82) is 0 Å². The summed E-state index contributed by atoms with van der Waals surface area (Å²) in [5, 5.41) is 3.60. The van der Waals surface area contributed by atoms with Crippen LogP contribution in [-0.4, -0.2) is 28.8 Å². The second kappa shape index (κ2) is 12.7. The van der Waals surface area contributed by atoms with Gasteiger partial charge in [-0.15, -0.1) is 0 Å². The first-order valence-corrected chi connectivity index (χ1v) is 12.3. The molecule has 2 amide bonds. The fourth-order valence-corrected chi connectivity index (χ4v) is 4.15. The summed E-state index contributed by atoms with van der Waals surface area (Å²) in [6.07, 6.45) is 3.52. The number of amides is 2. The number of nitrogens with one attached hydrogen (secondary N) is 1. The SMILES string of the molecule is COc1ccc(CN(C(=O)Cc2ccc(Cl)cc2)C(C(=O)NCc2cccnc2)c2ccccc2)cc1. The lowest BCUT2D eigenvalue weighted by Crippen LogP contribution is -2.43. The van der Waals surface area contributed by atoms with Gasteiger partial charge in [0.05, 0.1) is 13.5 Å². The molecule has 0 aliphatic carbocycles. The third-order valence-corrected chi connectivity index (χ3v) is 6.22. The number of halogens is 1. The Morgan fingerprint density at radius 1 is 0.892 bits per heavy atom. The first-order valence-electron chi connectivity index (χ1n) is 11.9. The van der Waals surface area contributed by atoms with E-state index in [1.165, 1.54) is 0 Å². The average Bonchev–Trinajstić information content (AvgIpc) is 2.94. The number of carbonyl (C=O) groups is 2. The highest BCUT2D eigenvalue weighted by molar-refractivity contribution is 6.30. The van der Waals surface area contributed by atoms with Crippen LogP contribution in [-0.2, 0) is 29.1 Å². The Labute approximate surface area is 221 Å². The largest absolute Gasteiger partial charge is 0.497 e. The summed E-state index contributed by atoms with van der Waals surface area (Å²) in [5.41, 5.74) is 3.30. The summed E-state index contributed by atoms with van der Waals surface area (Å²) in [4.78, 5) is 33.2. The number of nitrogens with zero attached hydrogens (tertiary/aromatic N) is 2. The average molecular weight is 514 g/mol. The van der Waals surface area contributed by atoms with Gasteiger partial charge in [0.1, 0.15) is 11.8 Å². The van der Waals surface area contributed by atoms with Gasteiger partial charge in [-0.2, -0.15) is 0 Å². The topological polar surface area (TPSA) is 71.5 Å². The lowest BCUT2D eigenvalue weighted by Gasteiger charge is -2.32. The van der Waals surface area contributed by atoms with Gasteiger partial charge in [-0.3, -0.25) is 14.6 Å². The lowest BCUT2D eigenvalue weighted by molar-refractivity contribution is -0.141. The molecule has 1 atom stereocenters. The van der Waals surface area contributed by atoms with E-state index in [9.17, 15) is 9.59 Å². The van der Waals surface area contributed by atoms with E-state index >= 15 is 0 Å². The molecular formula is C30H28ClN3O3. The van der Waals surface area contributed by atoms with Gasteiger partial charge in [-0.05, 0) is 52.6 Å². The van der Waals surface area contributed by atoms with Crippen LogP contribution in [0, 0.1) is 0 Å². The molecule has 3 aromatic carbocycles. The maximum absolute atomic E-state index is 13.8. The molecular weight excluding hydrogens is 486 g/mol. The van der Waals surface area contributed by atoms with E-state index in [0.717, 1.165) is 28.0 Å². The van der Waals surface area contributed by atoms with Gasteiger partial charge in [0.15, 0.2) is 0 Å². The smallest absolute Gasteiger partial charge is 0.247 e. The van der Waals surface area contributed by atoms with Crippen LogP contribution >= 0.6 is 11.6 Å². The highest BCUT2D eigenvalue weighted by Crippen LogP contribution is 2.26. The molecule has 0 saturated carbocycles. The van der Waals surface area contributed by atoms with E-state index < -0.39 is 6.04 Å². The molecule has 0 radical (unpaired) electrons. The number of hydrogen-bond donors (Lipinski definition) is 1. The Hall–Kier alpha value is -4.16. The Balaban J connectivity index is 1.67. The number of pyridine rings is 1. The second-order valence-corrected chi connectivity index (χ2v) is 9.00. The molecule has 1 heterocycles. The van der Waals surface area contributed by atoms with Crippen molar-refractivity contribution in [3.63, 3.8) is 0 Å². The zero-order valence-corrected chi connectivity index (χ0v) is 21.3. The minimum Gasteiger partial charge on any atom is -0.497 e. The van der Waals surface area contributed by atoms with Gasteiger partial charge in [0, 0.05) is 30.5 Å². The van der Waals surface area contributed by atoms with Crippen LogP contribution in [0.1, 0.15) is 28.3 Å². The first kappa shape index (κ1) is 25.9. The summed E-state index contributed by atoms with van der Waals surface area (Å²) < 4.78 is 5.28. The Morgan fingerprint density at radius 2 is 1.59 bits per heavy atom. The molecule has 4 aromatic rings. The van der Waals surface area contributed by atoms with E-state index in [4.69, 9.17) is 16.3 Å². The molecule has 0 spiro atoms. The number of aromatic nitrogens is 1. The van der Waals surface area contributed by atoms with E-state index in [1.807, 2.05) is 78.9 Å². The van der Waals surface area contributed by atoms with Crippen molar-refractivity contribution >= 4 is 23.4 Å². The predicted octanol–water partition coefficient (Wildman–Crippen LogP) is 5.37. The number of rotatable bonds is 10. The first-order chi connectivity index (χ1) is 18.0. The number of carbonyl (C=O) groups excluding carboxylic acids is 2. The highest BCUT2D eigenvalue weighted by atomic mass is 35.5. The standard InChI is InChI=1S/C30H28ClN3O3/c1-37-27-15-11-23(12-16-27)21-34(28(35)18-22-9-13-26(31)14-10-22)29(25-7-3-2-4-8-25)30(36)33-20-24-6-5-17-32-19-24/h2-17,19,29H,18,20-21H2,1H3,(H,33,36). The number of hydrogen-bond acceptors (Lipinski definition) is 4. The van der Waals surface area contributed by atoms with Gasteiger partial charge in [-0.1, -0.05) is 72.3 Å². The van der Waals surface area contributed by atoms with Gasteiger partial charge in [0.25, 0.3) is 0 Å².